The van der Waals surface area contributed by atoms with E-state index < -0.39 is 17.4 Å². The third kappa shape index (κ3) is 3.67. The van der Waals surface area contributed by atoms with E-state index in [2.05, 4.69) is 5.32 Å². The van der Waals surface area contributed by atoms with Gasteiger partial charge in [0.25, 0.3) is 0 Å². The van der Waals surface area contributed by atoms with Gasteiger partial charge in [-0.1, -0.05) is 37.9 Å². The molecule has 0 bridgehead atoms. The lowest BCUT2D eigenvalue weighted by atomic mass is 9.88. The highest BCUT2D eigenvalue weighted by molar-refractivity contribution is 6.41. The van der Waals surface area contributed by atoms with Gasteiger partial charge in [-0.05, 0) is 37.0 Å². The second kappa shape index (κ2) is 6.89. The Hall–Kier alpha value is -1.59. The van der Waals surface area contributed by atoms with Gasteiger partial charge in [0.1, 0.15) is 0 Å². The van der Waals surface area contributed by atoms with Gasteiger partial charge in [0, 0.05) is 23.8 Å². The van der Waals surface area contributed by atoms with Gasteiger partial charge in [0.2, 0.25) is 0 Å². The number of aliphatic hydroxyl groups is 1. The minimum absolute atomic E-state index is 0.0178. The first kappa shape index (κ1) is 17.8. The molecule has 2 rings (SSSR count). The van der Waals surface area contributed by atoms with Crippen LogP contribution in [0.25, 0.3) is 0 Å². The molecule has 1 aromatic carbocycles. The Morgan fingerprint density at radius 2 is 2.17 bits per heavy atom. The molecule has 0 radical (unpaired) electrons. The Kier molecular flexibility index (Phi) is 5.32. The Bertz CT molecular complexity index is 616. The summed E-state index contributed by atoms with van der Waals surface area (Å²) >= 11 is 6.12. The number of nitrogens with one attached hydrogen (secondary N) is 1. The highest BCUT2D eigenvalue weighted by atomic mass is 35.5. The van der Waals surface area contributed by atoms with Crippen molar-refractivity contribution >= 4 is 29.1 Å². The minimum atomic E-state index is -1.04. The fourth-order valence-electron chi connectivity index (χ4n) is 2.67. The smallest absolute Gasteiger partial charge is 0.316 e. The molecule has 0 spiro atoms. The fraction of sp³-hybridized carbons (Fsp3) is 0.529. The summed E-state index contributed by atoms with van der Waals surface area (Å²) in [6.45, 7) is 6.02. The van der Waals surface area contributed by atoms with E-state index in [0.717, 1.165) is 12.0 Å². The molecule has 2 atom stereocenters. The van der Waals surface area contributed by atoms with E-state index in [-0.39, 0.29) is 12.5 Å². The van der Waals surface area contributed by atoms with E-state index in [4.69, 9.17) is 11.6 Å². The Balaban J connectivity index is 2.03. The van der Waals surface area contributed by atoms with Crippen LogP contribution in [0.1, 0.15) is 32.8 Å². The molecule has 0 saturated heterocycles. The van der Waals surface area contributed by atoms with E-state index in [1.54, 1.807) is 25.1 Å². The summed E-state index contributed by atoms with van der Waals surface area (Å²) in [5, 5.41) is 13.5. The molecule has 0 aliphatic carbocycles. The summed E-state index contributed by atoms with van der Waals surface area (Å²) in [6, 6.07) is 5.32. The molecule has 5 nitrogen and oxygen atoms in total. The average molecular weight is 339 g/mol. The van der Waals surface area contributed by atoms with Gasteiger partial charge in [-0.15, -0.1) is 0 Å². The number of hydrogen-bond acceptors (Lipinski definition) is 3. The molecule has 2 unspecified atom stereocenters. The maximum atomic E-state index is 12.4. The molecule has 2 amide bonds. The van der Waals surface area contributed by atoms with Crippen LogP contribution in [0.3, 0.4) is 0 Å². The number of amides is 2. The zero-order chi connectivity index (χ0) is 17.2. The molecular formula is C17H23ClN2O3. The van der Waals surface area contributed by atoms with Crippen LogP contribution in [-0.2, 0) is 16.0 Å². The maximum absolute atomic E-state index is 12.4. The minimum Gasteiger partial charge on any atom is -0.388 e. The summed E-state index contributed by atoms with van der Waals surface area (Å²) in [7, 11) is 0. The lowest BCUT2D eigenvalue weighted by molar-refractivity contribution is -0.138. The van der Waals surface area contributed by atoms with E-state index in [1.165, 1.54) is 4.90 Å². The first-order chi connectivity index (χ1) is 10.8. The summed E-state index contributed by atoms with van der Waals surface area (Å²) in [5.74, 6) is -1.31. The predicted octanol–water partition coefficient (Wildman–Crippen LogP) is 2.14. The zero-order valence-electron chi connectivity index (χ0n) is 13.7. The van der Waals surface area contributed by atoms with Crippen molar-refractivity contribution in [3.8, 4) is 0 Å². The fourth-order valence-corrected chi connectivity index (χ4v) is 2.94. The SMILES string of the molecule is CCC(C)C(C)(O)CNC(=O)C(=O)N1CCc2c(Cl)cccc21. The van der Waals surface area contributed by atoms with Gasteiger partial charge in [0.15, 0.2) is 0 Å². The normalized spacial score (nSPS) is 17.3. The molecule has 1 aromatic rings. The van der Waals surface area contributed by atoms with Crippen molar-refractivity contribution in [2.24, 2.45) is 5.92 Å². The van der Waals surface area contributed by atoms with Gasteiger partial charge in [-0.2, -0.15) is 0 Å². The molecule has 23 heavy (non-hydrogen) atoms. The van der Waals surface area contributed by atoms with E-state index >= 15 is 0 Å². The molecule has 2 N–H and O–H groups in total. The molecule has 1 aliphatic rings. The number of halogens is 1. The average Bonchev–Trinajstić information content (AvgIpc) is 2.96. The molecule has 0 saturated carbocycles. The van der Waals surface area contributed by atoms with Crippen LogP contribution < -0.4 is 10.2 Å². The molecule has 1 heterocycles. The highest BCUT2D eigenvalue weighted by Crippen LogP contribution is 2.33. The Labute approximate surface area is 141 Å². The van der Waals surface area contributed by atoms with Gasteiger partial charge in [-0.25, -0.2) is 0 Å². The second-order valence-electron chi connectivity index (χ2n) is 6.29. The number of nitrogens with zero attached hydrogens (tertiary/aromatic N) is 1. The first-order valence-electron chi connectivity index (χ1n) is 7.87. The number of fused-ring (bicyclic) bond motifs is 1. The van der Waals surface area contributed by atoms with Crippen LogP contribution in [0.4, 0.5) is 5.69 Å². The van der Waals surface area contributed by atoms with E-state index in [9.17, 15) is 14.7 Å². The molecule has 1 aliphatic heterocycles. The van der Waals surface area contributed by atoms with Gasteiger partial charge in [0.05, 0.1) is 5.60 Å². The Morgan fingerprint density at radius 3 is 2.83 bits per heavy atom. The van der Waals surface area contributed by atoms with Crippen molar-refractivity contribution in [3.63, 3.8) is 0 Å². The number of anilines is 1. The van der Waals surface area contributed by atoms with Crippen LogP contribution in [0.5, 0.6) is 0 Å². The van der Waals surface area contributed by atoms with Crippen LogP contribution in [0.2, 0.25) is 5.02 Å². The van der Waals surface area contributed by atoms with Crippen LogP contribution in [0, 0.1) is 5.92 Å². The summed E-state index contributed by atoms with van der Waals surface area (Å²) in [5.41, 5.74) is 0.532. The molecule has 126 valence electrons. The number of rotatable bonds is 4. The maximum Gasteiger partial charge on any atom is 0.316 e. The second-order valence-corrected chi connectivity index (χ2v) is 6.70. The van der Waals surface area contributed by atoms with Crippen molar-refractivity contribution in [1.82, 2.24) is 5.32 Å². The van der Waals surface area contributed by atoms with Crippen molar-refractivity contribution in [3.05, 3.63) is 28.8 Å². The third-order valence-electron chi connectivity index (χ3n) is 4.69. The molecule has 0 aromatic heterocycles. The largest absolute Gasteiger partial charge is 0.388 e. The van der Waals surface area contributed by atoms with Crippen molar-refractivity contribution in [2.75, 3.05) is 18.0 Å². The van der Waals surface area contributed by atoms with E-state index in [0.29, 0.717) is 23.7 Å². The molecule has 6 heteroatoms. The lowest BCUT2D eigenvalue weighted by Gasteiger charge is -2.30. The van der Waals surface area contributed by atoms with Gasteiger partial charge in [-0.3, -0.25) is 9.59 Å². The number of benzene rings is 1. The predicted molar refractivity (Wildman–Crippen MR) is 90.6 cm³/mol. The van der Waals surface area contributed by atoms with Gasteiger partial charge >= 0.3 is 11.8 Å². The molecular weight excluding hydrogens is 316 g/mol. The highest BCUT2D eigenvalue weighted by Gasteiger charge is 2.32. The lowest BCUT2D eigenvalue weighted by Crippen LogP contribution is -2.49. The van der Waals surface area contributed by atoms with Crippen molar-refractivity contribution in [1.29, 1.82) is 0 Å². The number of carbonyl (C=O) groups excluding carboxylic acids is 2. The standard InChI is InChI=1S/C17H23ClN2O3/c1-4-11(2)17(3,23)10-19-15(21)16(22)20-9-8-12-13(18)6-5-7-14(12)20/h5-7,11,23H,4,8-10H2,1-3H3,(H,19,21). The number of hydrogen-bond donors (Lipinski definition) is 2. The summed E-state index contributed by atoms with van der Waals surface area (Å²) in [4.78, 5) is 25.9. The summed E-state index contributed by atoms with van der Waals surface area (Å²) in [6.07, 6.45) is 1.42. The van der Waals surface area contributed by atoms with Crippen molar-refractivity contribution in [2.45, 2.75) is 39.2 Å². The topological polar surface area (TPSA) is 69.6 Å². The monoisotopic (exact) mass is 338 g/mol. The summed E-state index contributed by atoms with van der Waals surface area (Å²) < 4.78 is 0. The van der Waals surface area contributed by atoms with Crippen LogP contribution in [0.15, 0.2) is 18.2 Å². The van der Waals surface area contributed by atoms with Crippen LogP contribution >= 0.6 is 11.6 Å². The van der Waals surface area contributed by atoms with Crippen molar-refractivity contribution < 1.29 is 14.7 Å². The quantitative estimate of drug-likeness (QED) is 0.826. The van der Waals surface area contributed by atoms with E-state index in [1.807, 2.05) is 13.8 Å². The van der Waals surface area contributed by atoms with Gasteiger partial charge < -0.3 is 15.3 Å². The third-order valence-corrected chi connectivity index (χ3v) is 5.04. The van der Waals surface area contributed by atoms with Crippen LogP contribution in [-0.4, -0.2) is 35.6 Å². The molecule has 0 fully saturated rings. The zero-order valence-corrected chi connectivity index (χ0v) is 14.5. The Morgan fingerprint density at radius 1 is 1.48 bits per heavy atom. The number of carbonyl (C=O) groups is 2. The first-order valence-corrected chi connectivity index (χ1v) is 8.25.